The summed E-state index contributed by atoms with van der Waals surface area (Å²) in [6.45, 7) is 0.502. The monoisotopic (exact) mass is 531 g/mol. The molecule has 1 N–H and O–H groups in total. The molecule has 0 fully saturated rings. The maximum absolute atomic E-state index is 12.8. The highest BCUT2D eigenvalue weighted by molar-refractivity contribution is 9.10. The molecular formula is C26H18BrN3O3S. The molecule has 0 atom stereocenters. The zero-order valence-corrected chi connectivity index (χ0v) is 20.2. The number of nitrogens with zero attached hydrogens (tertiary/aromatic N) is 3. The number of thiazole rings is 1. The zero-order chi connectivity index (χ0) is 23.5. The van der Waals surface area contributed by atoms with Gasteiger partial charge in [-0.3, -0.25) is 0 Å². The van der Waals surface area contributed by atoms with Crippen LogP contribution >= 0.6 is 27.3 Å². The summed E-state index contributed by atoms with van der Waals surface area (Å²) in [6.07, 6.45) is 1.50. The second kappa shape index (κ2) is 9.62. The largest absolute Gasteiger partial charge is 0.507 e. The number of hydrogen-bond donors (Lipinski definition) is 1. The Labute approximate surface area is 206 Å². The summed E-state index contributed by atoms with van der Waals surface area (Å²) < 4.78 is 8.34. The van der Waals surface area contributed by atoms with E-state index in [1.165, 1.54) is 17.6 Å². The summed E-state index contributed by atoms with van der Waals surface area (Å²) in [6, 6.07) is 24.3. The van der Waals surface area contributed by atoms with E-state index in [-0.39, 0.29) is 5.75 Å². The fraction of sp³-hybridized carbons (Fsp3) is 0.0385. The predicted octanol–water partition coefficient (Wildman–Crippen LogP) is 5.77. The fourth-order valence-corrected chi connectivity index (χ4v) is 4.79. The summed E-state index contributed by atoms with van der Waals surface area (Å²) in [5.41, 5.74) is 2.90. The van der Waals surface area contributed by atoms with E-state index < -0.39 is 5.63 Å². The van der Waals surface area contributed by atoms with Crippen molar-refractivity contribution in [2.75, 3.05) is 0 Å². The number of phenolic OH excluding ortho intramolecular Hbond substituents is 1. The van der Waals surface area contributed by atoms with E-state index in [9.17, 15) is 9.90 Å². The second-order valence-corrected chi connectivity index (χ2v) is 9.26. The molecule has 0 unspecified atom stereocenters. The van der Waals surface area contributed by atoms with Gasteiger partial charge in [0.1, 0.15) is 11.3 Å². The van der Waals surface area contributed by atoms with Gasteiger partial charge in [-0.1, -0.05) is 64.5 Å². The predicted molar refractivity (Wildman–Crippen MR) is 138 cm³/mol. The molecule has 0 saturated carbocycles. The molecule has 0 bridgehead atoms. The Kier molecular flexibility index (Phi) is 6.24. The number of phenols is 1. The molecule has 2 aromatic heterocycles. The molecule has 0 aliphatic rings. The topological polar surface area (TPSA) is 80.1 Å². The van der Waals surface area contributed by atoms with Crippen LogP contribution in [0.25, 0.3) is 22.2 Å². The number of benzene rings is 3. The third-order valence-corrected chi connectivity index (χ3v) is 6.58. The maximum Gasteiger partial charge on any atom is 0.345 e. The molecule has 2 heterocycles. The molecule has 168 valence electrons. The number of aromatic nitrogens is 1. The third-order valence-electron chi connectivity index (χ3n) is 5.23. The third kappa shape index (κ3) is 4.64. The lowest BCUT2D eigenvalue weighted by Gasteiger charge is -2.09. The van der Waals surface area contributed by atoms with Crippen LogP contribution in [0.4, 0.5) is 0 Å². The average Bonchev–Trinajstić information content (AvgIpc) is 3.23. The van der Waals surface area contributed by atoms with Crippen molar-refractivity contribution in [3.8, 4) is 17.0 Å². The van der Waals surface area contributed by atoms with Crippen molar-refractivity contribution in [1.29, 1.82) is 0 Å². The van der Waals surface area contributed by atoms with E-state index in [0.29, 0.717) is 33.8 Å². The maximum atomic E-state index is 12.8. The van der Waals surface area contributed by atoms with Crippen LogP contribution in [0.15, 0.2) is 108 Å². The number of halogens is 1. The summed E-state index contributed by atoms with van der Waals surface area (Å²) in [5.74, 6) is 0.111. The van der Waals surface area contributed by atoms with E-state index in [1.54, 1.807) is 24.3 Å². The molecule has 0 spiro atoms. The molecule has 0 radical (unpaired) electrons. The van der Waals surface area contributed by atoms with Gasteiger partial charge in [-0.15, -0.1) is 16.4 Å². The normalized spacial score (nSPS) is 12.1. The molecule has 34 heavy (non-hydrogen) atoms. The van der Waals surface area contributed by atoms with Crippen molar-refractivity contribution < 1.29 is 9.52 Å². The van der Waals surface area contributed by atoms with E-state index in [4.69, 9.17) is 4.42 Å². The Bertz CT molecular complexity index is 1640. The van der Waals surface area contributed by atoms with E-state index in [1.807, 2.05) is 64.5 Å². The molecular weight excluding hydrogens is 514 g/mol. The molecule has 5 rings (SSSR count). The quantitative estimate of drug-likeness (QED) is 0.177. The number of rotatable bonds is 5. The lowest BCUT2D eigenvalue weighted by Crippen LogP contribution is -2.18. The van der Waals surface area contributed by atoms with Crippen LogP contribution in [0, 0.1) is 0 Å². The highest BCUT2D eigenvalue weighted by Gasteiger charge is 2.14. The lowest BCUT2D eigenvalue weighted by molar-refractivity contribution is 0.474. The van der Waals surface area contributed by atoms with Crippen molar-refractivity contribution in [3.05, 3.63) is 115 Å². The van der Waals surface area contributed by atoms with Gasteiger partial charge < -0.3 is 14.1 Å². The first-order valence-corrected chi connectivity index (χ1v) is 12.1. The first kappa shape index (κ1) is 22.1. The molecule has 0 amide bonds. The van der Waals surface area contributed by atoms with Crippen LogP contribution in [-0.4, -0.2) is 15.9 Å². The molecule has 0 aliphatic heterocycles. The minimum atomic E-state index is -0.410. The minimum absolute atomic E-state index is 0.111. The van der Waals surface area contributed by atoms with Crippen molar-refractivity contribution in [3.63, 3.8) is 0 Å². The van der Waals surface area contributed by atoms with Gasteiger partial charge in [-0.25, -0.2) is 4.79 Å². The Hall–Kier alpha value is -3.75. The van der Waals surface area contributed by atoms with Crippen LogP contribution < -0.4 is 10.4 Å². The van der Waals surface area contributed by atoms with Gasteiger partial charge in [0.2, 0.25) is 4.80 Å². The summed E-state index contributed by atoms with van der Waals surface area (Å²) >= 11 is 4.77. The van der Waals surface area contributed by atoms with Gasteiger partial charge in [-0.05, 0) is 35.9 Å². The first-order valence-electron chi connectivity index (χ1n) is 10.4. The second-order valence-electron chi connectivity index (χ2n) is 7.51. The summed E-state index contributed by atoms with van der Waals surface area (Å²) in [7, 11) is 0. The molecule has 3 aromatic carbocycles. The Morgan fingerprint density at radius 1 is 1.03 bits per heavy atom. The van der Waals surface area contributed by atoms with E-state index in [0.717, 1.165) is 15.4 Å². The van der Waals surface area contributed by atoms with Crippen molar-refractivity contribution in [2.45, 2.75) is 6.54 Å². The van der Waals surface area contributed by atoms with Crippen molar-refractivity contribution in [2.24, 2.45) is 10.2 Å². The fourth-order valence-electron chi connectivity index (χ4n) is 3.55. The van der Waals surface area contributed by atoms with Crippen LogP contribution in [0.2, 0.25) is 0 Å². The van der Waals surface area contributed by atoms with Crippen molar-refractivity contribution in [1.82, 2.24) is 4.57 Å². The minimum Gasteiger partial charge on any atom is -0.507 e. The number of para-hydroxylation sites is 1. The molecule has 6 nitrogen and oxygen atoms in total. The van der Waals surface area contributed by atoms with Gasteiger partial charge in [-0.2, -0.15) is 5.10 Å². The highest BCUT2D eigenvalue weighted by Crippen LogP contribution is 2.23. The van der Waals surface area contributed by atoms with Gasteiger partial charge >= 0.3 is 5.63 Å². The molecule has 0 aliphatic carbocycles. The summed E-state index contributed by atoms with van der Waals surface area (Å²) in [5, 5.41) is 21.4. The highest BCUT2D eigenvalue weighted by atomic mass is 79.9. The van der Waals surface area contributed by atoms with Gasteiger partial charge in [0.05, 0.1) is 24.0 Å². The van der Waals surface area contributed by atoms with Gasteiger partial charge in [0.15, 0.2) is 0 Å². The van der Waals surface area contributed by atoms with Crippen LogP contribution in [0.3, 0.4) is 0 Å². The van der Waals surface area contributed by atoms with Crippen LogP contribution in [0.5, 0.6) is 5.75 Å². The van der Waals surface area contributed by atoms with Gasteiger partial charge in [0.25, 0.3) is 0 Å². The average molecular weight is 532 g/mol. The van der Waals surface area contributed by atoms with E-state index >= 15 is 0 Å². The van der Waals surface area contributed by atoms with Crippen LogP contribution in [-0.2, 0) is 6.54 Å². The molecule has 8 heteroatoms. The Morgan fingerprint density at radius 2 is 1.82 bits per heavy atom. The standard InChI is InChI=1S/C26H18BrN3O3S/c27-20-10-11-23(31)19(12-20)14-28-29-26-30(15-17-6-2-1-3-7-17)22(16-34-26)21-13-18-8-4-5-9-24(18)33-25(21)32/h1-14,16,31H,15H2/b28-14+,29-26-. The number of aromatic hydroxyl groups is 1. The SMILES string of the molecule is O=c1oc2ccccc2cc1-c1cs/c(=N\N=C\c2cc(Br)ccc2O)n1Cc1ccccc1. The number of hydrogen-bond acceptors (Lipinski definition) is 6. The smallest absolute Gasteiger partial charge is 0.345 e. The summed E-state index contributed by atoms with van der Waals surface area (Å²) in [4.78, 5) is 13.5. The lowest BCUT2D eigenvalue weighted by atomic mass is 10.1. The molecule has 5 aromatic rings. The van der Waals surface area contributed by atoms with Crippen molar-refractivity contribution >= 4 is 44.5 Å². The molecule has 0 saturated heterocycles. The Balaban J connectivity index is 1.63. The Morgan fingerprint density at radius 3 is 2.68 bits per heavy atom. The van der Waals surface area contributed by atoms with Crippen LogP contribution in [0.1, 0.15) is 11.1 Å². The zero-order valence-electron chi connectivity index (χ0n) is 17.8. The first-order chi connectivity index (χ1) is 16.6. The number of fused-ring (bicyclic) bond motifs is 1. The van der Waals surface area contributed by atoms with Gasteiger partial charge in [0, 0.05) is 20.8 Å². The van der Waals surface area contributed by atoms with E-state index in [2.05, 4.69) is 26.1 Å².